The van der Waals surface area contributed by atoms with Crippen molar-refractivity contribution in [2.24, 2.45) is 0 Å². The molecule has 0 unspecified atom stereocenters. The minimum Gasteiger partial charge on any atom is -0.475 e. The Morgan fingerprint density at radius 1 is 1.40 bits per heavy atom. The molecule has 0 aliphatic rings. The number of methoxy groups -OCH3 is 1. The fourth-order valence-electron chi connectivity index (χ4n) is 0.931. The average molecular weight is 215 g/mol. The summed E-state index contributed by atoms with van der Waals surface area (Å²) in [5, 5.41) is 17.4. The van der Waals surface area contributed by atoms with E-state index in [1.165, 1.54) is 19.2 Å². The number of ether oxygens (including phenoxy) is 2. The topological polar surface area (TPSA) is 71.8 Å². The maximum Gasteiger partial charge on any atom is 0.493 e. The summed E-state index contributed by atoms with van der Waals surface area (Å²) in [6, 6.07) is 2.56. The first-order valence-corrected chi connectivity index (χ1v) is 4.29. The van der Waals surface area contributed by atoms with E-state index in [1.807, 2.05) is 0 Å². The van der Waals surface area contributed by atoms with E-state index in [9.17, 15) is 4.39 Å². The van der Waals surface area contributed by atoms with Crippen molar-refractivity contribution in [2.45, 2.75) is 0 Å². The van der Waals surface area contributed by atoms with E-state index in [1.54, 1.807) is 0 Å². The largest absolute Gasteiger partial charge is 0.493 e. The van der Waals surface area contributed by atoms with Gasteiger partial charge in [-0.05, 0) is 0 Å². The van der Waals surface area contributed by atoms with E-state index in [0.29, 0.717) is 6.61 Å². The first kappa shape index (κ1) is 11.9. The van der Waals surface area contributed by atoms with Gasteiger partial charge in [0.25, 0.3) is 0 Å². The second kappa shape index (κ2) is 5.64. The normalized spacial score (nSPS) is 10.1. The Labute approximate surface area is 86.6 Å². The molecule has 1 aromatic heterocycles. The zero-order valence-electron chi connectivity index (χ0n) is 8.18. The Morgan fingerprint density at radius 2 is 2.13 bits per heavy atom. The first-order valence-electron chi connectivity index (χ1n) is 4.29. The third-order valence-electron chi connectivity index (χ3n) is 1.67. The minimum absolute atomic E-state index is 0.0777. The van der Waals surface area contributed by atoms with E-state index in [4.69, 9.17) is 19.5 Å². The molecule has 1 heterocycles. The molecule has 0 amide bonds. The van der Waals surface area contributed by atoms with Crippen molar-refractivity contribution in [3.63, 3.8) is 0 Å². The monoisotopic (exact) mass is 215 g/mol. The van der Waals surface area contributed by atoms with Crippen LogP contribution in [0.25, 0.3) is 0 Å². The zero-order valence-corrected chi connectivity index (χ0v) is 8.18. The van der Waals surface area contributed by atoms with Gasteiger partial charge in [0.2, 0.25) is 11.8 Å². The van der Waals surface area contributed by atoms with Crippen LogP contribution in [0.2, 0.25) is 0 Å². The van der Waals surface area contributed by atoms with Gasteiger partial charge in [-0.25, -0.2) is 0 Å². The Hall–Kier alpha value is -1.18. The summed E-state index contributed by atoms with van der Waals surface area (Å²) in [5.41, 5.74) is -0.283. The lowest BCUT2D eigenvalue weighted by Crippen LogP contribution is -2.33. The number of pyridine rings is 1. The second-order valence-electron chi connectivity index (χ2n) is 2.74. The van der Waals surface area contributed by atoms with Crippen molar-refractivity contribution in [2.75, 3.05) is 20.3 Å². The SMILES string of the molecule is COCCOc1ccc(B(O)O)c(F)n1. The van der Waals surface area contributed by atoms with Gasteiger partial charge in [-0.15, -0.1) is 0 Å². The highest BCUT2D eigenvalue weighted by Gasteiger charge is 2.17. The number of halogens is 1. The minimum atomic E-state index is -1.87. The lowest BCUT2D eigenvalue weighted by Gasteiger charge is -2.06. The standard InChI is InChI=1S/C8H11BFNO4/c1-14-4-5-15-7-3-2-6(9(12)13)8(10)11-7/h2-3,12-13H,4-5H2,1H3. The maximum absolute atomic E-state index is 13.1. The fourth-order valence-corrected chi connectivity index (χ4v) is 0.931. The highest BCUT2D eigenvalue weighted by atomic mass is 19.1. The molecular weight excluding hydrogens is 204 g/mol. The molecule has 0 aliphatic carbocycles. The molecule has 2 N–H and O–H groups in total. The molecule has 0 fully saturated rings. The average Bonchev–Trinajstić information content (AvgIpc) is 2.17. The Morgan fingerprint density at radius 3 is 2.67 bits per heavy atom. The van der Waals surface area contributed by atoms with E-state index in [2.05, 4.69) is 4.98 Å². The molecule has 1 rings (SSSR count). The number of hydrogen-bond donors (Lipinski definition) is 2. The Balaban J connectivity index is 2.65. The van der Waals surface area contributed by atoms with Crippen LogP contribution in [0.5, 0.6) is 5.88 Å². The van der Waals surface area contributed by atoms with Crippen LogP contribution in [0.1, 0.15) is 0 Å². The quantitative estimate of drug-likeness (QED) is 0.371. The molecule has 1 aromatic rings. The van der Waals surface area contributed by atoms with Gasteiger partial charge >= 0.3 is 7.12 Å². The molecule has 0 radical (unpaired) electrons. The summed E-state index contributed by atoms with van der Waals surface area (Å²) >= 11 is 0. The zero-order chi connectivity index (χ0) is 11.3. The molecule has 0 bridgehead atoms. The van der Waals surface area contributed by atoms with Crippen molar-refractivity contribution >= 4 is 12.6 Å². The van der Waals surface area contributed by atoms with Crippen molar-refractivity contribution in [1.82, 2.24) is 4.98 Å². The van der Waals surface area contributed by atoms with E-state index >= 15 is 0 Å². The maximum atomic E-state index is 13.1. The predicted molar refractivity (Wildman–Crippen MR) is 51.4 cm³/mol. The molecule has 0 saturated carbocycles. The number of hydrogen-bond acceptors (Lipinski definition) is 5. The first-order chi connectivity index (χ1) is 7.15. The Bertz CT molecular complexity index is 324. The van der Waals surface area contributed by atoms with Gasteiger partial charge in [-0.3, -0.25) is 0 Å². The summed E-state index contributed by atoms with van der Waals surface area (Å²) in [4.78, 5) is 3.40. The van der Waals surface area contributed by atoms with Gasteiger partial charge in [-0.2, -0.15) is 9.37 Å². The van der Waals surface area contributed by atoms with Crippen molar-refractivity contribution in [1.29, 1.82) is 0 Å². The summed E-state index contributed by atoms with van der Waals surface area (Å²) in [7, 11) is -0.353. The molecule has 0 atom stereocenters. The third-order valence-corrected chi connectivity index (χ3v) is 1.67. The number of nitrogens with zero attached hydrogens (tertiary/aromatic N) is 1. The highest BCUT2D eigenvalue weighted by molar-refractivity contribution is 6.58. The van der Waals surface area contributed by atoms with Crippen LogP contribution < -0.4 is 10.2 Å². The third kappa shape index (κ3) is 3.47. The molecule has 0 aromatic carbocycles. The summed E-state index contributed by atoms with van der Waals surface area (Å²) in [6.45, 7) is 0.623. The molecule has 0 aliphatic heterocycles. The molecule has 0 spiro atoms. The van der Waals surface area contributed by atoms with Crippen LogP contribution in [-0.2, 0) is 4.74 Å². The molecule has 15 heavy (non-hydrogen) atoms. The fraction of sp³-hybridized carbons (Fsp3) is 0.375. The number of aromatic nitrogens is 1. The van der Waals surface area contributed by atoms with Crippen LogP contribution in [0.4, 0.5) is 4.39 Å². The lowest BCUT2D eigenvalue weighted by molar-refractivity contribution is 0.143. The van der Waals surface area contributed by atoms with Gasteiger partial charge in [0.1, 0.15) is 6.61 Å². The van der Waals surface area contributed by atoms with E-state index in [0.717, 1.165) is 0 Å². The molecular formula is C8H11BFNO4. The van der Waals surface area contributed by atoms with Gasteiger partial charge in [0, 0.05) is 18.6 Å². The smallest absolute Gasteiger partial charge is 0.475 e. The predicted octanol–water partition coefficient (Wildman–Crippen LogP) is -1.07. The summed E-state index contributed by atoms with van der Waals surface area (Å²) in [6.07, 6.45) is 0. The van der Waals surface area contributed by atoms with E-state index in [-0.39, 0.29) is 17.9 Å². The number of rotatable bonds is 5. The van der Waals surface area contributed by atoms with Crippen LogP contribution in [0, 0.1) is 5.95 Å². The van der Waals surface area contributed by atoms with E-state index < -0.39 is 13.1 Å². The van der Waals surface area contributed by atoms with Crippen molar-refractivity contribution < 1.29 is 23.9 Å². The second-order valence-corrected chi connectivity index (χ2v) is 2.74. The van der Waals surface area contributed by atoms with Crippen molar-refractivity contribution in [3.05, 3.63) is 18.1 Å². The van der Waals surface area contributed by atoms with Crippen molar-refractivity contribution in [3.8, 4) is 5.88 Å². The van der Waals surface area contributed by atoms with Gasteiger partial charge < -0.3 is 19.5 Å². The summed E-state index contributed by atoms with van der Waals surface area (Å²) in [5.74, 6) is -0.881. The summed E-state index contributed by atoms with van der Waals surface area (Å²) < 4.78 is 22.8. The van der Waals surface area contributed by atoms with Crippen LogP contribution in [-0.4, -0.2) is 42.5 Å². The van der Waals surface area contributed by atoms with Crippen LogP contribution in [0.15, 0.2) is 12.1 Å². The van der Waals surface area contributed by atoms with Gasteiger partial charge in [0.05, 0.1) is 6.61 Å². The van der Waals surface area contributed by atoms with Gasteiger partial charge in [0.15, 0.2) is 0 Å². The highest BCUT2D eigenvalue weighted by Crippen LogP contribution is 2.05. The van der Waals surface area contributed by atoms with Gasteiger partial charge in [-0.1, -0.05) is 6.07 Å². The molecule has 82 valence electrons. The Kier molecular flexibility index (Phi) is 4.48. The van der Waals surface area contributed by atoms with Crippen LogP contribution >= 0.6 is 0 Å². The lowest BCUT2D eigenvalue weighted by atomic mass is 9.81. The molecule has 0 saturated heterocycles. The van der Waals surface area contributed by atoms with Crippen LogP contribution in [0.3, 0.4) is 0 Å². The molecule has 7 heteroatoms. The molecule has 5 nitrogen and oxygen atoms in total.